The monoisotopic (exact) mass is 488 g/mol. The average molecular weight is 489 g/mol. The standard InChI is InChI=1S/C26H32N8O2/c1-4-26(36)31-24-12-21(33-10-8-32(5-2)9-11-33)6-7-22(24)30-25-13-23(19(14-27)15-28-25)29-20-16-34(17-20)18(3)35/h4,6-7,12-13,15,20H,1,5,8-11,16-17H2,2-3H3,(H,31,36)(H2,28,29,30). The number of rotatable bonds is 8. The van der Waals surface area contributed by atoms with E-state index < -0.39 is 0 Å². The number of carbonyl (C=O) groups is 2. The number of nitriles is 1. The van der Waals surface area contributed by atoms with Crippen molar-refractivity contribution in [2.45, 2.75) is 19.9 Å². The highest BCUT2D eigenvalue weighted by atomic mass is 16.2. The van der Waals surface area contributed by atoms with Crippen molar-refractivity contribution in [1.82, 2.24) is 14.8 Å². The van der Waals surface area contributed by atoms with Gasteiger partial charge in [-0.1, -0.05) is 13.5 Å². The van der Waals surface area contributed by atoms with Crippen LogP contribution in [0.25, 0.3) is 0 Å². The Kier molecular flexibility index (Phi) is 7.71. The van der Waals surface area contributed by atoms with Crippen LogP contribution in [0.15, 0.2) is 43.1 Å². The van der Waals surface area contributed by atoms with E-state index in [0.29, 0.717) is 41.5 Å². The third-order valence-corrected chi connectivity index (χ3v) is 6.60. The van der Waals surface area contributed by atoms with Crippen molar-refractivity contribution in [1.29, 1.82) is 5.26 Å². The molecule has 3 heterocycles. The quantitative estimate of drug-likeness (QED) is 0.486. The van der Waals surface area contributed by atoms with Crippen LogP contribution in [0.2, 0.25) is 0 Å². The summed E-state index contributed by atoms with van der Waals surface area (Å²) in [4.78, 5) is 34.5. The van der Waals surface area contributed by atoms with Gasteiger partial charge in [-0.15, -0.1) is 0 Å². The summed E-state index contributed by atoms with van der Waals surface area (Å²) in [6, 6.07) is 9.91. The number of likely N-dealkylation sites (N-methyl/N-ethyl adjacent to an activating group) is 1. The number of aromatic nitrogens is 1. The van der Waals surface area contributed by atoms with Crippen LogP contribution < -0.4 is 20.9 Å². The molecular weight excluding hydrogens is 456 g/mol. The number of benzene rings is 1. The van der Waals surface area contributed by atoms with Gasteiger partial charge in [-0.2, -0.15) is 5.26 Å². The van der Waals surface area contributed by atoms with Crippen LogP contribution in [-0.2, 0) is 9.59 Å². The van der Waals surface area contributed by atoms with Gasteiger partial charge in [-0.25, -0.2) is 4.98 Å². The second-order valence-electron chi connectivity index (χ2n) is 8.96. The third-order valence-electron chi connectivity index (χ3n) is 6.60. The number of nitrogens with one attached hydrogen (secondary N) is 3. The molecule has 2 fully saturated rings. The highest BCUT2D eigenvalue weighted by molar-refractivity contribution is 6.02. The highest BCUT2D eigenvalue weighted by Crippen LogP contribution is 2.32. The Bertz CT molecular complexity index is 1180. The van der Waals surface area contributed by atoms with Gasteiger partial charge in [0.25, 0.3) is 0 Å². The molecule has 36 heavy (non-hydrogen) atoms. The van der Waals surface area contributed by atoms with Crippen molar-refractivity contribution < 1.29 is 9.59 Å². The summed E-state index contributed by atoms with van der Waals surface area (Å²) in [6.07, 6.45) is 2.75. The molecule has 0 spiro atoms. The Morgan fingerprint density at radius 1 is 1.17 bits per heavy atom. The molecule has 0 radical (unpaired) electrons. The van der Waals surface area contributed by atoms with E-state index >= 15 is 0 Å². The van der Waals surface area contributed by atoms with E-state index in [0.717, 1.165) is 38.4 Å². The topological polar surface area (TPSA) is 117 Å². The predicted octanol–water partition coefficient (Wildman–Crippen LogP) is 2.61. The molecule has 1 aromatic carbocycles. The summed E-state index contributed by atoms with van der Waals surface area (Å²) in [5.41, 5.74) is 3.39. The normalized spacial score (nSPS) is 16.0. The molecule has 0 aliphatic carbocycles. The maximum Gasteiger partial charge on any atom is 0.247 e. The summed E-state index contributed by atoms with van der Waals surface area (Å²) in [7, 11) is 0. The first kappa shape index (κ1) is 25.0. The smallest absolute Gasteiger partial charge is 0.247 e. The molecule has 0 bridgehead atoms. The summed E-state index contributed by atoms with van der Waals surface area (Å²) in [5.74, 6) is 0.259. The Morgan fingerprint density at radius 2 is 1.92 bits per heavy atom. The van der Waals surface area contributed by atoms with Gasteiger partial charge in [0.05, 0.1) is 28.7 Å². The lowest BCUT2D eigenvalue weighted by Gasteiger charge is -2.39. The fourth-order valence-electron chi connectivity index (χ4n) is 4.36. The molecule has 10 heteroatoms. The molecule has 2 aliphatic heterocycles. The van der Waals surface area contributed by atoms with Crippen LogP contribution in [0.4, 0.5) is 28.6 Å². The molecule has 10 nitrogen and oxygen atoms in total. The predicted molar refractivity (Wildman–Crippen MR) is 141 cm³/mol. The van der Waals surface area contributed by atoms with Gasteiger partial charge in [0.2, 0.25) is 11.8 Å². The molecule has 3 N–H and O–H groups in total. The summed E-state index contributed by atoms with van der Waals surface area (Å²) < 4.78 is 0. The van der Waals surface area contributed by atoms with Gasteiger partial charge >= 0.3 is 0 Å². The van der Waals surface area contributed by atoms with E-state index in [2.05, 4.69) is 50.3 Å². The first-order chi connectivity index (χ1) is 17.4. The number of pyridine rings is 1. The lowest BCUT2D eigenvalue weighted by Crippen LogP contribution is -2.56. The minimum absolute atomic E-state index is 0.0374. The fraction of sp³-hybridized carbons (Fsp3) is 0.385. The lowest BCUT2D eigenvalue weighted by atomic mass is 10.1. The first-order valence-corrected chi connectivity index (χ1v) is 12.1. The van der Waals surface area contributed by atoms with Crippen LogP contribution in [0.1, 0.15) is 19.4 Å². The zero-order chi connectivity index (χ0) is 25.7. The molecule has 2 aliphatic rings. The lowest BCUT2D eigenvalue weighted by molar-refractivity contribution is -0.132. The molecule has 1 aromatic heterocycles. The summed E-state index contributed by atoms with van der Waals surface area (Å²) in [5, 5.41) is 19.0. The molecule has 188 valence electrons. The number of likely N-dealkylation sites (tertiary alicyclic amines) is 1. The summed E-state index contributed by atoms with van der Waals surface area (Å²) >= 11 is 0. The largest absolute Gasteiger partial charge is 0.378 e. The van der Waals surface area contributed by atoms with Crippen molar-refractivity contribution in [3.05, 3.63) is 48.7 Å². The Morgan fingerprint density at radius 3 is 2.56 bits per heavy atom. The number of carbonyl (C=O) groups excluding carboxylic acids is 2. The van der Waals surface area contributed by atoms with Crippen molar-refractivity contribution in [3.8, 4) is 6.07 Å². The maximum absolute atomic E-state index is 12.2. The summed E-state index contributed by atoms with van der Waals surface area (Å²) in [6.45, 7) is 13.4. The molecule has 0 atom stereocenters. The van der Waals surface area contributed by atoms with Gasteiger partial charge < -0.3 is 30.7 Å². The minimum atomic E-state index is -0.304. The van der Waals surface area contributed by atoms with Crippen molar-refractivity contribution in [3.63, 3.8) is 0 Å². The van der Waals surface area contributed by atoms with Crippen LogP contribution in [0, 0.1) is 11.3 Å². The van der Waals surface area contributed by atoms with E-state index in [4.69, 9.17) is 0 Å². The van der Waals surface area contributed by atoms with Crippen molar-refractivity contribution in [2.75, 3.05) is 66.7 Å². The Hall–Kier alpha value is -4.10. The van der Waals surface area contributed by atoms with Crippen LogP contribution in [0.5, 0.6) is 0 Å². The minimum Gasteiger partial charge on any atom is -0.378 e. The number of hydrogen-bond acceptors (Lipinski definition) is 8. The van der Waals surface area contributed by atoms with E-state index in [-0.39, 0.29) is 17.9 Å². The van der Waals surface area contributed by atoms with E-state index in [1.807, 2.05) is 18.2 Å². The number of amides is 2. The van der Waals surface area contributed by atoms with Crippen LogP contribution >= 0.6 is 0 Å². The number of piperazine rings is 1. The zero-order valence-corrected chi connectivity index (χ0v) is 20.8. The molecule has 2 saturated heterocycles. The van der Waals surface area contributed by atoms with Crippen molar-refractivity contribution in [2.24, 2.45) is 0 Å². The van der Waals surface area contributed by atoms with Gasteiger partial charge in [-0.05, 0) is 30.8 Å². The van der Waals surface area contributed by atoms with E-state index in [1.165, 1.54) is 12.3 Å². The fourth-order valence-corrected chi connectivity index (χ4v) is 4.36. The second kappa shape index (κ2) is 11.1. The first-order valence-electron chi connectivity index (χ1n) is 12.1. The van der Waals surface area contributed by atoms with Gasteiger partial charge in [0, 0.05) is 64.1 Å². The van der Waals surface area contributed by atoms with Gasteiger partial charge in [-0.3, -0.25) is 9.59 Å². The van der Waals surface area contributed by atoms with Gasteiger partial charge in [0.1, 0.15) is 11.9 Å². The molecule has 0 unspecified atom stereocenters. The molecule has 2 amide bonds. The van der Waals surface area contributed by atoms with Crippen molar-refractivity contribution >= 4 is 40.4 Å². The Labute approximate surface area is 211 Å². The SMILES string of the molecule is C=CC(=O)Nc1cc(N2CCN(CC)CC2)ccc1Nc1cc(NC2CN(C(C)=O)C2)c(C#N)cn1. The number of hydrogen-bond donors (Lipinski definition) is 3. The molecule has 0 saturated carbocycles. The Balaban J connectivity index is 1.54. The molecular formula is C26H32N8O2. The number of anilines is 5. The van der Waals surface area contributed by atoms with Gasteiger partial charge in [0.15, 0.2) is 0 Å². The zero-order valence-electron chi connectivity index (χ0n) is 20.8. The highest BCUT2D eigenvalue weighted by Gasteiger charge is 2.29. The van der Waals surface area contributed by atoms with Crippen LogP contribution in [0.3, 0.4) is 0 Å². The third kappa shape index (κ3) is 5.75. The molecule has 4 rings (SSSR count). The average Bonchev–Trinajstić information content (AvgIpc) is 2.86. The second-order valence-corrected chi connectivity index (χ2v) is 8.96. The van der Waals surface area contributed by atoms with E-state index in [1.54, 1.807) is 17.9 Å². The maximum atomic E-state index is 12.2. The molecule has 2 aromatic rings. The number of nitrogens with zero attached hydrogens (tertiary/aromatic N) is 5. The van der Waals surface area contributed by atoms with E-state index in [9.17, 15) is 14.9 Å². The van der Waals surface area contributed by atoms with Crippen LogP contribution in [-0.4, -0.2) is 78.5 Å².